The predicted octanol–water partition coefficient (Wildman–Crippen LogP) is 3.12. The van der Waals surface area contributed by atoms with Crippen LogP contribution in [0.25, 0.3) is 11.0 Å². The van der Waals surface area contributed by atoms with E-state index in [-0.39, 0.29) is 11.8 Å². The molecule has 0 saturated carbocycles. The maximum absolute atomic E-state index is 9.55. The molecular weight excluding hydrogens is 270 g/mol. The third kappa shape index (κ3) is 1.69. The van der Waals surface area contributed by atoms with Gasteiger partial charge in [0.25, 0.3) is 0 Å². The zero-order valence-electron chi connectivity index (χ0n) is 9.48. The van der Waals surface area contributed by atoms with Crippen molar-refractivity contribution in [2.75, 3.05) is 0 Å². The molecule has 2 rings (SSSR count). The molecule has 1 aromatic carbocycles. The van der Waals surface area contributed by atoms with Gasteiger partial charge >= 0.3 is 0 Å². The molecule has 86 valence electrons. The van der Waals surface area contributed by atoms with Crippen LogP contribution < -0.4 is 0 Å². The number of phenolic OH excluding ortho intramolecular Hbond substituents is 1. The highest BCUT2D eigenvalue weighted by molar-refractivity contribution is 9.10. The van der Waals surface area contributed by atoms with Gasteiger partial charge < -0.3 is 5.11 Å². The number of halogens is 1. The fraction of sp³-hybridized carbons (Fsp3) is 0.455. The molecule has 1 N–H and O–H groups in total. The number of phenols is 1. The normalized spacial score (nSPS) is 13.6. The van der Waals surface area contributed by atoms with E-state index in [9.17, 15) is 5.11 Å². The fourth-order valence-corrected chi connectivity index (χ4v) is 1.96. The second-order valence-corrected chi connectivity index (χ2v) is 5.08. The molecule has 0 aliphatic heterocycles. The van der Waals surface area contributed by atoms with Gasteiger partial charge in [-0.3, -0.25) is 0 Å². The molecule has 0 saturated heterocycles. The Morgan fingerprint density at radius 2 is 2.00 bits per heavy atom. The quantitative estimate of drug-likeness (QED) is 0.921. The SMILES string of the molecule is CC(C)[C@@H](C)n1nnc2c(Br)c(O)ccc21. The maximum atomic E-state index is 9.55. The van der Waals surface area contributed by atoms with Crippen LogP contribution in [0.3, 0.4) is 0 Å². The number of aromatic hydroxyl groups is 1. The standard InChI is InChI=1S/C11H14BrN3O/c1-6(2)7(3)15-8-4-5-9(16)10(12)11(8)13-14-15/h4-7,16H,1-3H3/t7-/m1/s1. The van der Waals surface area contributed by atoms with Crippen molar-refractivity contribution in [2.45, 2.75) is 26.8 Å². The van der Waals surface area contributed by atoms with Crippen LogP contribution in [0, 0.1) is 5.92 Å². The summed E-state index contributed by atoms with van der Waals surface area (Å²) in [6.07, 6.45) is 0. The molecule has 1 aromatic heterocycles. The third-order valence-electron chi connectivity index (χ3n) is 2.91. The van der Waals surface area contributed by atoms with Crippen LogP contribution in [0.2, 0.25) is 0 Å². The van der Waals surface area contributed by atoms with Gasteiger partial charge in [0.1, 0.15) is 11.3 Å². The number of benzene rings is 1. The summed E-state index contributed by atoms with van der Waals surface area (Å²) >= 11 is 3.31. The van der Waals surface area contributed by atoms with Crippen molar-refractivity contribution < 1.29 is 5.11 Å². The molecule has 0 spiro atoms. The van der Waals surface area contributed by atoms with E-state index in [2.05, 4.69) is 47.0 Å². The van der Waals surface area contributed by atoms with Gasteiger partial charge in [-0.1, -0.05) is 19.1 Å². The van der Waals surface area contributed by atoms with Gasteiger partial charge in [0.2, 0.25) is 0 Å². The fourth-order valence-electron chi connectivity index (χ4n) is 1.55. The summed E-state index contributed by atoms with van der Waals surface area (Å²) in [5, 5.41) is 17.8. The van der Waals surface area contributed by atoms with Crippen LogP contribution >= 0.6 is 15.9 Å². The molecular formula is C11H14BrN3O. The molecule has 1 heterocycles. The monoisotopic (exact) mass is 283 g/mol. The lowest BCUT2D eigenvalue weighted by Gasteiger charge is -2.16. The molecule has 2 aromatic rings. The summed E-state index contributed by atoms with van der Waals surface area (Å²) in [4.78, 5) is 0. The van der Waals surface area contributed by atoms with Crippen LogP contribution in [-0.4, -0.2) is 20.1 Å². The molecule has 0 aliphatic rings. The minimum Gasteiger partial charge on any atom is -0.507 e. The lowest BCUT2D eigenvalue weighted by Crippen LogP contribution is -2.12. The van der Waals surface area contributed by atoms with E-state index in [0.29, 0.717) is 15.9 Å². The van der Waals surface area contributed by atoms with Crippen LogP contribution in [0.5, 0.6) is 5.75 Å². The zero-order chi connectivity index (χ0) is 11.9. The van der Waals surface area contributed by atoms with Gasteiger partial charge in [-0.05, 0) is 40.9 Å². The number of rotatable bonds is 2. The van der Waals surface area contributed by atoms with Gasteiger partial charge in [-0.15, -0.1) is 5.10 Å². The highest BCUT2D eigenvalue weighted by Crippen LogP contribution is 2.32. The second kappa shape index (κ2) is 4.05. The molecule has 0 aliphatic carbocycles. The molecule has 0 amide bonds. The van der Waals surface area contributed by atoms with E-state index in [1.165, 1.54) is 0 Å². The van der Waals surface area contributed by atoms with Crippen molar-refractivity contribution in [1.82, 2.24) is 15.0 Å². The van der Waals surface area contributed by atoms with E-state index >= 15 is 0 Å². The van der Waals surface area contributed by atoms with Crippen LogP contribution in [0.15, 0.2) is 16.6 Å². The van der Waals surface area contributed by atoms with Gasteiger partial charge in [0, 0.05) is 0 Å². The van der Waals surface area contributed by atoms with Crippen LogP contribution in [0.4, 0.5) is 0 Å². The van der Waals surface area contributed by atoms with Crippen molar-refractivity contribution in [3.63, 3.8) is 0 Å². The lowest BCUT2D eigenvalue weighted by molar-refractivity contribution is 0.377. The molecule has 16 heavy (non-hydrogen) atoms. The van der Waals surface area contributed by atoms with Gasteiger partial charge in [-0.25, -0.2) is 4.68 Å². The number of hydrogen-bond acceptors (Lipinski definition) is 3. The number of hydrogen-bond donors (Lipinski definition) is 1. The van der Waals surface area contributed by atoms with Crippen molar-refractivity contribution >= 4 is 27.0 Å². The Morgan fingerprint density at radius 1 is 1.31 bits per heavy atom. The summed E-state index contributed by atoms with van der Waals surface area (Å²) in [7, 11) is 0. The average molecular weight is 284 g/mol. The van der Waals surface area contributed by atoms with Crippen LogP contribution in [-0.2, 0) is 0 Å². The van der Waals surface area contributed by atoms with Crippen molar-refractivity contribution in [2.24, 2.45) is 5.92 Å². The van der Waals surface area contributed by atoms with E-state index in [0.717, 1.165) is 5.52 Å². The topological polar surface area (TPSA) is 50.9 Å². The molecule has 4 nitrogen and oxygen atoms in total. The molecule has 1 atom stereocenters. The van der Waals surface area contributed by atoms with E-state index in [1.807, 2.05) is 10.7 Å². The number of nitrogens with zero attached hydrogens (tertiary/aromatic N) is 3. The van der Waals surface area contributed by atoms with E-state index in [4.69, 9.17) is 0 Å². The summed E-state index contributed by atoms with van der Waals surface area (Å²) in [6, 6.07) is 3.77. The van der Waals surface area contributed by atoms with Gasteiger partial charge in [0.05, 0.1) is 16.0 Å². The van der Waals surface area contributed by atoms with Crippen molar-refractivity contribution in [3.8, 4) is 5.75 Å². The minimum absolute atomic E-state index is 0.191. The molecule has 0 radical (unpaired) electrons. The number of fused-ring (bicyclic) bond motifs is 1. The largest absolute Gasteiger partial charge is 0.507 e. The van der Waals surface area contributed by atoms with Crippen LogP contribution in [0.1, 0.15) is 26.8 Å². The second-order valence-electron chi connectivity index (χ2n) is 4.29. The van der Waals surface area contributed by atoms with Gasteiger partial charge in [-0.2, -0.15) is 0 Å². The average Bonchev–Trinajstić information content (AvgIpc) is 2.66. The van der Waals surface area contributed by atoms with Crippen molar-refractivity contribution in [3.05, 3.63) is 16.6 Å². The predicted molar refractivity (Wildman–Crippen MR) is 66.4 cm³/mol. The molecule has 0 fully saturated rings. The Kier molecular flexibility index (Phi) is 2.88. The Balaban J connectivity index is 2.62. The van der Waals surface area contributed by atoms with Gasteiger partial charge in [0.15, 0.2) is 0 Å². The Labute approximate surface area is 102 Å². The summed E-state index contributed by atoms with van der Waals surface area (Å²) in [6.45, 7) is 6.40. The third-order valence-corrected chi connectivity index (χ3v) is 3.69. The molecule has 0 bridgehead atoms. The van der Waals surface area contributed by atoms with E-state index < -0.39 is 0 Å². The minimum atomic E-state index is 0.191. The summed E-state index contributed by atoms with van der Waals surface area (Å²) in [5.41, 5.74) is 1.64. The Hall–Kier alpha value is -1.10. The molecule has 5 heteroatoms. The van der Waals surface area contributed by atoms with Crippen molar-refractivity contribution in [1.29, 1.82) is 0 Å². The first-order valence-electron chi connectivity index (χ1n) is 5.24. The Bertz CT molecular complexity index is 521. The molecule has 0 unspecified atom stereocenters. The first-order valence-corrected chi connectivity index (χ1v) is 6.04. The summed E-state index contributed by atoms with van der Waals surface area (Å²) < 4.78 is 2.50. The lowest BCUT2D eigenvalue weighted by atomic mass is 10.1. The smallest absolute Gasteiger partial charge is 0.132 e. The van der Waals surface area contributed by atoms with E-state index in [1.54, 1.807) is 6.07 Å². The zero-order valence-corrected chi connectivity index (χ0v) is 11.1. The number of aromatic nitrogens is 3. The maximum Gasteiger partial charge on any atom is 0.132 e. The first kappa shape index (κ1) is 11.4. The summed E-state index contributed by atoms with van der Waals surface area (Å²) in [5.74, 6) is 0.675. The Morgan fingerprint density at radius 3 is 2.62 bits per heavy atom. The highest BCUT2D eigenvalue weighted by atomic mass is 79.9. The highest BCUT2D eigenvalue weighted by Gasteiger charge is 2.16. The first-order chi connectivity index (χ1) is 7.52.